The quantitative estimate of drug-likeness (QED) is 0.753. The molecule has 0 fully saturated rings. The number of benzene rings is 1. The van der Waals surface area contributed by atoms with Gasteiger partial charge in [-0.05, 0) is 19.1 Å². The minimum atomic E-state index is -3.36. The Balaban J connectivity index is 1.96. The summed E-state index contributed by atoms with van der Waals surface area (Å²) < 4.78 is 24.5. The summed E-state index contributed by atoms with van der Waals surface area (Å²) in [4.78, 5) is 11.7. The van der Waals surface area contributed by atoms with Crippen molar-refractivity contribution in [2.75, 3.05) is 16.9 Å². The van der Waals surface area contributed by atoms with Crippen LogP contribution in [0.25, 0.3) is 0 Å². The number of amides is 1. The van der Waals surface area contributed by atoms with Gasteiger partial charge < -0.3 is 5.32 Å². The van der Waals surface area contributed by atoms with Gasteiger partial charge in [0.15, 0.2) is 9.84 Å². The van der Waals surface area contributed by atoms with E-state index in [2.05, 4.69) is 15.5 Å². The number of aryl methyl sites for hydroxylation is 2. The molecule has 0 radical (unpaired) electrons. The second-order valence-electron chi connectivity index (χ2n) is 4.87. The molecule has 1 amide bonds. The van der Waals surface area contributed by atoms with E-state index >= 15 is 0 Å². The lowest BCUT2D eigenvalue weighted by Crippen LogP contribution is -2.11. The van der Waals surface area contributed by atoms with Crippen LogP contribution in [0.5, 0.6) is 0 Å². The van der Waals surface area contributed by atoms with E-state index in [1.165, 1.54) is 0 Å². The third kappa shape index (κ3) is 5.26. The van der Waals surface area contributed by atoms with E-state index in [1.807, 2.05) is 6.92 Å². The van der Waals surface area contributed by atoms with Crippen LogP contribution in [0.3, 0.4) is 0 Å². The molecule has 1 aromatic heterocycles. The predicted molar refractivity (Wildman–Crippen MR) is 90.8 cm³/mol. The van der Waals surface area contributed by atoms with Crippen LogP contribution in [0.15, 0.2) is 29.2 Å². The van der Waals surface area contributed by atoms with Crippen molar-refractivity contribution in [2.45, 2.75) is 24.7 Å². The molecule has 23 heavy (non-hydrogen) atoms. The Morgan fingerprint density at radius 3 is 2.61 bits per heavy atom. The van der Waals surface area contributed by atoms with E-state index < -0.39 is 9.84 Å². The number of sulfone groups is 1. The van der Waals surface area contributed by atoms with Gasteiger partial charge in [-0.3, -0.25) is 4.79 Å². The van der Waals surface area contributed by atoms with Crippen molar-refractivity contribution in [1.29, 1.82) is 0 Å². The Hall–Kier alpha value is -1.51. The lowest BCUT2D eigenvalue weighted by molar-refractivity contribution is -0.115. The molecule has 2 rings (SSSR count). The first-order valence-corrected chi connectivity index (χ1v) is 9.88. The van der Waals surface area contributed by atoms with Gasteiger partial charge in [-0.15, -0.1) is 21.8 Å². The Morgan fingerprint density at radius 2 is 1.96 bits per heavy atom. The molecule has 0 saturated heterocycles. The van der Waals surface area contributed by atoms with Gasteiger partial charge in [0.1, 0.15) is 5.01 Å². The minimum absolute atomic E-state index is 0.0552. The zero-order valence-electron chi connectivity index (χ0n) is 12.5. The summed E-state index contributed by atoms with van der Waals surface area (Å²) in [6, 6.07) is 6.73. The molecular weight excluding hydrogens is 358 g/mol. The molecule has 0 bridgehead atoms. The third-order valence-electron chi connectivity index (χ3n) is 3.00. The molecule has 0 aliphatic rings. The Kier molecular flexibility index (Phi) is 6.09. The van der Waals surface area contributed by atoms with Gasteiger partial charge in [0.2, 0.25) is 11.0 Å². The van der Waals surface area contributed by atoms with Crippen molar-refractivity contribution in [3.63, 3.8) is 0 Å². The number of nitrogens with zero attached hydrogens (tertiary/aromatic N) is 2. The highest BCUT2D eigenvalue weighted by Gasteiger charge is 2.16. The van der Waals surface area contributed by atoms with Crippen molar-refractivity contribution in [3.05, 3.63) is 34.8 Å². The first-order valence-electron chi connectivity index (χ1n) is 6.88. The minimum Gasteiger partial charge on any atom is -0.300 e. The molecule has 1 heterocycles. The van der Waals surface area contributed by atoms with Crippen molar-refractivity contribution in [3.8, 4) is 0 Å². The highest BCUT2D eigenvalue weighted by Crippen LogP contribution is 2.18. The summed E-state index contributed by atoms with van der Waals surface area (Å²) in [5, 5.41) is 11.2. The van der Waals surface area contributed by atoms with Gasteiger partial charge in [-0.1, -0.05) is 29.0 Å². The van der Waals surface area contributed by atoms with E-state index in [1.54, 1.807) is 24.3 Å². The molecule has 6 nitrogen and oxygen atoms in total. The van der Waals surface area contributed by atoms with Gasteiger partial charge in [0, 0.05) is 18.7 Å². The largest absolute Gasteiger partial charge is 0.300 e. The van der Waals surface area contributed by atoms with Crippen LogP contribution < -0.4 is 5.32 Å². The lowest BCUT2D eigenvalue weighted by Gasteiger charge is -2.03. The van der Waals surface area contributed by atoms with Crippen LogP contribution in [0.4, 0.5) is 5.13 Å². The smallest absolute Gasteiger partial charge is 0.227 e. The second-order valence-corrected chi connectivity index (χ2v) is 8.42. The number of alkyl halides is 1. The van der Waals surface area contributed by atoms with Crippen LogP contribution in [0.1, 0.15) is 17.0 Å². The number of carbonyl (C=O) groups is 1. The van der Waals surface area contributed by atoms with Gasteiger partial charge in [0.25, 0.3) is 0 Å². The highest BCUT2D eigenvalue weighted by atomic mass is 35.5. The van der Waals surface area contributed by atoms with Gasteiger partial charge in [-0.2, -0.15) is 0 Å². The third-order valence-corrected chi connectivity index (χ3v) is 5.82. The normalized spacial score (nSPS) is 11.4. The van der Waals surface area contributed by atoms with Crippen LogP contribution in [0, 0.1) is 6.92 Å². The van der Waals surface area contributed by atoms with E-state index in [-0.39, 0.29) is 30.4 Å². The summed E-state index contributed by atoms with van der Waals surface area (Å²) in [6.07, 6.45) is 0.442. The summed E-state index contributed by atoms with van der Waals surface area (Å²) in [6.45, 7) is 1.90. The van der Waals surface area contributed by atoms with E-state index in [0.717, 1.165) is 16.9 Å². The lowest BCUT2D eigenvalue weighted by atomic mass is 10.2. The highest BCUT2D eigenvalue weighted by molar-refractivity contribution is 7.91. The second kappa shape index (κ2) is 7.85. The standard InChI is InChI=1S/C14H16ClN3O3S2/c1-10-2-4-11(5-3-10)23(20,21)9-7-13-17-18-14(22-13)16-12(19)6-8-15/h2-5H,6-9H2,1H3,(H,16,18,19). The van der Waals surface area contributed by atoms with Crippen molar-refractivity contribution in [2.24, 2.45) is 0 Å². The molecular formula is C14H16ClN3O3S2. The number of halogens is 1. The maximum atomic E-state index is 12.3. The van der Waals surface area contributed by atoms with Crippen molar-refractivity contribution < 1.29 is 13.2 Å². The number of nitrogens with one attached hydrogen (secondary N) is 1. The summed E-state index contributed by atoms with van der Waals surface area (Å²) in [5.74, 6) is -0.0675. The molecule has 0 aliphatic carbocycles. The molecule has 0 spiro atoms. The maximum absolute atomic E-state index is 12.3. The van der Waals surface area contributed by atoms with Gasteiger partial charge in [-0.25, -0.2) is 8.42 Å². The van der Waals surface area contributed by atoms with E-state index in [9.17, 15) is 13.2 Å². The number of hydrogen-bond donors (Lipinski definition) is 1. The number of anilines is 1. The summed E-state index contributed by atoms with van der Waals surface area (Å²) in [5.41, 5.74) is 1.01. The molecule has 9 heteroatoms. The van der Waals surface area contributed by atoms with Crippen LogP contribution >= 0.6 is 22.9 Å². The van der Waals surface area contributed by atoms with Crippen LogP contribution in [-0.2, 0) is 21.1 Å². The first-order chi connectivity index (χ1) is 10.9. The molecule has 0 saturated carbocycles. The molecule has 124 valence electrons. The van der Waals surface area contributed by atoms with Crippen molar-refractivity contribution in [1.82, 2.24) is 10.2 Å². The van der Waals surface area contributed by atoms with Crippen LogP contribution in [0.2, 0.25) is 0 Å². The van der Waals surface area contributed by atoms with Crippen molar-refractivity contribution >= 4 is 43.8 Å². The topological polar surface area (TPSA) is 89.0 Å². The summed E-state index contributed by atoms with van der Waals surface area (Å²) in [7, 11) is -3.36. The fourth-order valence-electron chi connectivity index (χ4n) is 1.76. The average Bonchev–Trinajstić information content (AvgIpc) is 2.93. The Morgan fingerprint density at radius 1 is 1.26 bits per heavy atom. The molecule has 0 aliphatic heterocycles. The molecule has 0 atom stereocenters. The molecule has 1 aromatic carbocycles. The monoisotopic (exact) mass is 373 g/mol. The predicted octanol–water partition coefficient (Wildman–Crippen LogP) is 2.43. The van der Waals surface area contributed by atoms with Gasteiger partial charge >= 0.3 is 0 Å². The average molecular weight is 374 g/mol. The molecule has 0 unspecified atom stereocenters. The Bertz CT molecular complexity index is 773. The zero-order chi connectivity index (χ0) is 16.9. The van der Waals surface area contributed by atoms with E-state index in [4.69, 9.17) is 11.6 Å². The SMILES string of the molecule is Cc1ccc(S(=O)(=O)CCc2nnc(NC(=O)CCCl)s2)cc1. The van der Waals surface area contributed by atoms with Crippen LogP contribution in [-0.4, -0.2) is 36.2 Å². The number of rotatable bonds is 7. The first kappa shape index (κ1) is 17.8. The number of carbonyl (C=O) groups excluding carboxylic acids is 1. The molecule has 1 N–H and O–H groups in total. The number of aromatic nitrogens is 2. The Labute approximate surface area is 143 Å². The van der Waals surface area contributed by atoms with E-state index in [0.29, 0.717) is 15.0 Å². The number of hydrogen-bond acceptors (Lipinski definition) is 6. The van der Waals surface area contributed by atoms with Gasteiger partial charge in [0.05, 0.1) is 10.6 Å². The fourth-order valence-corrected chi connectivity index (χ4v) is 4.06. The maximum Gasteiger partial charge on any atom is 0.227 e. The summed E-state index contributed by atoms with van der Waals surface area (Å²) >= 11 is 6.64. The zero-order valence-corrected chi connectivity index (χ0v) is 14.8. The molecule has 2 aromatic rings. The fraction of sp³-hybridized carbons (Fsp3) is 0.357.